The predicted molar refractivity (Wildman–Crippen MR) is 60.0 cm³/mol. The molecular weight excluding hydrogens is 214 g/mol. The molecule has 0 bridgehead atoms. The number of phenols is 1. The number of anilines is 1. The first-order valence-electron chi connectivity index (χ1n) is 4.90. The molecule has 81 valence electrons. The van der Waals surface area contributed by atoms with Crippen molar-refractivity contribution in [1.29, 1.82) is 0 Å². The lowest BCUT2D eigenvalue weighted by Crippen LogP contribution is -2.35. The number of hydrogen-bond acceptors (Lipinski definition) is 3. The van der Waals surface area contributed by atoms with Gasteiger partial charge in [0.1, 0.15) is 12.4 Å². The van der Waals surface area contributed by atoms with E-state index in [0.717, 1.165) is 12.1 Å². The summed E-state index contributed by atoms with van der Waals surface area (Å²) in [6.07, 6.45) is 0.861. The Morgan fingerprint density at radius 1 is 1.47 bits per heavy atom. The highest BCUT2D eigenvalue weighted by Crippen LogP contribution is 2.23. The second-order valence-electron chi connectivity index (χ2n) is 3.54. The molecule has 1 aliphatic heterocycles. The molecule has 1 heterocycles. The zero-order valence-corrected chi connectivity index (χ0v) is 8.95. The number of halogens is 1. The van der Waals surface area contributed by atoms with Gasteiger partial charge in [-0.3, -0.25) is 0 Å². The van der Waals surface area contributed by atoms with Gasteiger partial charge in [-0.25, -0.2) is 0 Å². The van der Waals surface area contributed by atoms with Crippen molar-refractivity contribution in [1.82, 2.24) is 0 Å². The zero-order chi connectivity index (χ0) is 10.7. The average molecular weight is 227 g/mol. The van der Waals surface area contributed by atoms with Crippen LogP contribution in [0.3, 0.4) is 0 Å². The summed E-state index contributed by atoms with van der Waals surface area (Å²) in [6, 6.07) is 7.17. The molecule has 1 saturated heterocycles. The fourth-order valence-electron chi connectivity index (χ4n) is 1.57. The molecule has 4 heteroatoms. The van der Waals surface area contributed by atoms with Gasteiger partial charge in [-0.1, -0.05) is 6.07 Å². The van der Waals surface area contributed by atoms with Crippen LogP contribution in [0.2, 0.25) is 0 Å². The largest absolute Gasteiger partial charge is 0.508 e. The summed E-state index contributed by atoms with van der Waals surface area (Å²) in [4.78, 5) is 0. The second-order valence-corrected chi connectivity index (χ2v) is 4.05. The number of alkyl halides is 1. The SMILES string of the molecule is Oc1cccc(NC2CCO[CH]C2Cl)c1. The van der Waals surface area contributed by atoms with Crippen LogP contribution in [0.25, 0.3) is 0 Å². The van der Waals surface area contributed by atoms with Crippen LogP contribution in [-0.4, -0.2) is 23.1 Å². The van der Waals surface area contributed by atoms with Gasteiger partial charge in [-0.15, -0.1) is 11.6 Å². The molecule has 15 heavy (non-hydrogen) atoms. The first-order chi connectivity index (χ1) is 7.25. The number of benzene rings is 1. The number of phenolic OH excluding ortho intramolecular Hbond substituents is 1. The Kier molecular flexibility index (Phi) is 3.34. The van der Waals surface area contributed by atoms with Crippen LogP contribution < -0.4 is 5.32 Å². The van der Waals surface area contributed by atoms with Crippen LogP contribution in [0.4, 0.5) is 5.69 Å². The highest BCUT2D eigenvalue weighted by Gasteiger charge is 2.23. The van der Waals surface area contributed by atoms with Crippen molar-refractivity contribution in [3.8, 4) is 5.75 Å². The normalized spacial score (nSPS) is 26.2. The summed E-state index contributed by atoms with van der Waals surface area (Å²) in [5.74, 6) is 0.252. The Bertz CT molecular complexity index is 332. The lowest BCUT2D eigenvalue weighted by atomic mass is 10.1. The maximum absolute atomic E-state index is 9.30. The average Bonchev–Trinajstić information content (AvgIpc) is 2.22. The van der Waals surface area contributed by atoms with E-state index < -0.39 is 0 Å². The number of aromatic hydroxyl groups is 1. The van der Waals surface area contributed by atoms with Gasteiger partial charge in [0.2, 0.25) is 0 Å². The third-order valence-corrected chi connectivity index (χ3v) is 2.76. The Balaban J connectivity index is 2.01. The lowest BCUT2D eigenvalue weighted by Gasteiger charge is -2.28. The van der Waals surface area contributed by atoms with Gasteiger partial charge in [-0.2, -0.15) is 0 Å². The van der Waals surface area contributed by atoms with Crippen LogP contribution in [0.1, 0.15) is 6.42 Å². The van der Waals surface area contributed by atoms with Crippen molar-refractivity contribution >= 4 is 17.3 Å². The van der Waals surface area contributed by atoms with Crippen molar-refractivity contribution in [2.45, 2.75) is 17.8 Å². The lowest BCUT2D eigenvalue weighted by molar-refractivity contribution is 0.151. The molecular formula is C11H13ClNO2. The molecule has 0 aliphatic carbocycles. The van der Waals surface area contributed by atoms with Gasteiger partial charge in [-0.05, 0) is 18.6 Å². The Morgan fingerprint density at radius 2 is 2.33 bits per heavy atom. The third-order valence-electron chi connectivity index (χ3n) is 2.36. The fourth-order valence-corrected chi connectivity index (χ4v) is 1.83. The number of ether oxygens (including phenoxy) is 1. The number of nitrogens with one attached hydrogen (secondary N) is 1. The van der Waals surface area contributed by atoms with E-state index in [1.165, 1.54) is 0 Å². The second kappa shape index (κ2) is 4.73. The fraction of sp³-hybridized carbons (Fsp3) is 0.364. The van der Waals surface area contributed by atoms with Crippen molar-refractivity contribution in [3.05, 3.63) is 30.9 Å². The summed E-state index contributed by atoms with van der Waals surface area (Å²) in [7, 11) is 0. The summed E-state index contributed by atoms with van der Waals surface area (Å²) in [6.45, 7) is 2.32. The highest BCUT2D eigenvalue weighted by atomic mass is 35.5. The van der Waals surface area contributed by atoms with Crippen molar-refractivity contribution in [2.75, 3.05) is 11.9 Å². The molecule has 1 radical (unpaired) electrons. The van der Waals surface area contributed by atoms with Crippen LogP contribution in [0, 0.1) is 6.61 Å². The maximum atomic E-state index is 9.30. The Morgan fingerprint density at radius 3 is 3.07 bits per heavy atom. The monoisotopic (exact) mass is 226 g/mol. The molecule has 1 fully saturated rings. The van der Waals surface area contributed by atoms with Crippen LogP contribution >= 0.6 is 11.6 Å². The van der Waals surface area contributed by atoms with E-state index in [2.05, 4.69) is 5.32 Å². The maximum Gasteiger partial charge on any atom is 0.117 e. The van der Waals surface area contributed by atoms with Crippen LogP contribution in [-0.2, 0) is 4.74 Å². The third kappa shape index (κ3) is 2.76. The minimum Gasteiger partial charge on any atom is -0.508 e. The minimum atomic E-state index is -0.138. The molecule has 2 unspecified atom stereocenters. The van der Waals surface area contributed by atoms with E-state index in [9.17, 15) is 5.11 Å². The molecule has 0 spiro atoms. The van der Waals surface area contributed by atoms with E-state index in [1.807, 2.05) is 6.07 Å². The van der Waals surface area contributed by atoms with Gasteiger partial charge in [0.05, 0.1) is 5.38 Å². The predicted octanol–water partition coefficient (Wildman–Crippen LogP) is 2.36. The molecule has 0 amide bonds. The van der Waals surface area contributed by atoms with Gasteiger partial charge in [0, 0.05) is 24.4 Å². The molecule has 3 nitrogen and oxygen atoms in total. The molecule has 1 aromatic carbocycles. The molecule has 1 aromatic rings. The number of rotatable bonds is 2. The zero-order valence-electron chi connectivity index (χ0n) is 8.19. The van der Waals surface area contributed by atoms with E-state index in [0.29, 0.717) is 6.61 Å². The minimum absolute atomic E-state index is 0.138. The van der Waals surface area contributed by atoms with E-state index >= 15 is 0 Å². The van der Waals surface area contributed by atoms with Crippen LogP contribution in [0.15, 0.2) is 24.3 Å². The van der Waals surface area contributed by atoms with E-state index in [4.69, 9.17) is 16.3 Å². The molecule has 2 atom stereocenters. The summed E-state index contributed by atoms with van der Waals surface area (Å²) in [5.41, 5.74) is 0.876. The molecule has 0 aromatic heterocycles. The quantitative estimate of drug-likeness (QED) is 0.761. The standard InChI is InChI=1S/C11H13ClNO2/c12-10-7-15-5-4-11(10)13-8-2-1-3-9(14)6-8/h1-3,6-7,10-11,13-14H,4-5H2. The number of hydrogen-bond donors (Lipinski definition) is 2. The Labute approximate surface area is 94.0 Å². The van der Waals surface area contributed by atoms with Gasteiger partial charge in [0.15, 0.2) is 0 Å². The molecule has 2 rings (SSSR count). The van der Waals surface area contributed by atoms with Gasteiger partial charge < -0.3 is 15.2 Å². The van der Waals surface area contributed by atoms with Crippen molar-refractivity contribution < 1.29 is 9.84 Å². The summed E-state index contributed by atoms with van der Waals surface area (Å²) >= 11 is 6.07. The summed E-state index contributed by atoms with van der Waals surface area (Å²) in [5, 5.41) is 12.4. The van der Waals surface area contributed by atoms with E-state index in [-0.39, 0.29) is 17.2 Å². The van der Waals surface area contributed by atoms with Crippen molar-refractivity contribution in [3.63, 3.8) is 0 Å². The van der Waals surface area contributed by atoms with Crippen LogP contribution in [0.5, 0.6) is 5.75 Å². The van der Waals surface area contributed by atoms with E-state index in [1.54, 1.807) is 24.8 Å². The first kappa shape index (κ1) is 10.6. The molecule has 2 N–H and O–H groups in total. The molecule has 1 aliphatic rings. The van der Waals surface area contributed by atoms with Gasteiger partial charge in [0.25, 0.3) is 0 Å². The first-order valence-corrected chi connectivity index (χ1v) is 5.34. The van der Waals surface area contributed by atoms with Gasteiger partial charge >= 0.3 is 0 Å². The Hall–Kier alpha value is -0.930. The highest BCUT2D eigenvalue weighted by molar-refractivity contribution is 6.22. The topological polar surface area (TPSA) is 41.5 Å². The van der Waals surface area contributed by atoms with Crippen molar-refractivity contribution in [2.24, 2.45) is 0 Å². The molecule has 0 saturated carbocycles. The summed E-state index contributed by atoms with van der Waals surface area (Å²) < 4.78 is 5.13. The smallest absolute Gasteiger partial charge is 0.117 e.